The van der Waals surface area contributed by atoms with Crippen molar-refractivity contribution in [1.82, 2.24) is 24.1 Å². The van der Waals surface area contributed by atoms with Gasteiger partial charge < -0.3 is 9.47 Å². The Morgan fingerprint density at radius 2 is 2.19 bits per heavy atom. The van der Waals surface area contributed by atoms with Crippen LogP contribution < -0.4 is 5.56 Å². The van der Waals surface area contributed by atoms with Crippen LogP contribution in [-0.4, -0.2) is 44.7 Å². The maximum atomic E-state index is 12.5. The lowest BCUT2D eigenvalue weighted by molar-refractivity contribution is 0.381. The number of hydrogen-bond donors (Lipinski definition) is 0. The number of rotatable bonds is 3. The third-order valence-corrected chi connectivity index (χ3v) is 3.38. The summed E-state index contributed by atoms with van der Waals surface area (Å²) in [6.07, 6.45) is 4.72. The van der Waals surface area contributed by atoms with Crippen LogP contribution in [0.5, 0.6) is 0 Å². The van der Waals surface area contributed by atoms with E-state index in [2.05, 4.69) is 10.1 Å². The summed E-state index contributed by atoms with van der Waals surface area (Å²) in [5.41, 5.74) is 1.43. The highest BCUT2D eigenvalue weighted by atomic mass is 16.1. The molecular formula is C14H14N6O. The van der Waals surface area contributed by atoms with Crippen LogP contribution in [0.2, 0.25) is 0 Å². The molecule has 0 aromatic carbocycles. The zero-order valence-corrected chi connectivity index (χ0v) is 11.8. The fraction of sp³-hybridized carbons (Fsp3) is 0.286. The summed E-state index contributed by atoms with van der Waals surface area (Å²) in [4.78, 5) is 18.7. The molecule has 0 radical (unpaired) electrons. The van der Waals surface area contributed by atoms with E-state index in [4.69, 9.17) is 5.26 Å². The number of pyridine rings is 1. The van der Waals surface area contributed by atoms with Gasteiger partial charge in [0.15, 0.2) is 5.65 Å². The summed E-state index contributed by atoms with van der Waals surface area (Å²) >= 11 is 0. The van der Waals surface area contributed by atoms with Crippen molar-refractivity contribution in [1.29, 1.82) is 5.26 Å². The number of hydrogen-bond acceptors (Lipinski definition) is 5. The van der Waals surface area contributed by atoms with Crippen molar-refractivity contribution in [3.63, 3.8) is 0 Å². The molecular weight excluding hydrogens is 268 g/mol. The highest BCUT2D eigenvalue weighted by molar-refractivity contribution is 5.80. The second-order valence-corrected chi connectivity index (χ2v) is 5.08. The molecule has 3 heterocycles. The van der Waals surface area contributed by atoms with Gasteiger partial charge in [0.25, 0.3) is 5.56 Å². The zero-order chi connectivity index (χ0) is 15.0. The van der Waals surface area contributed by atoms with Gasteiger partial charge in [0.2, 0.25) is 0 Å². The molecule has 106 valence electrons. The Morgan fingerprint density at radius 1 is 1.38 bits per heavy atom. The van der Waals surface area contributed by atoms with Crippen LogP contribution in [0.15, 0.2) is 29.5 Å². The van der Waals surface area contributed by atoms with E-state index in [1.807, 2.05) is 31.1 Å². The maximum Gasteiger partial charge on any atom is 0.261 e. The molecule has 0 aliphatic rings. The molecule has 0 fully saturated rings. The Labute approximate surface area is 120 Å². The van der Waals surface area contributed by atoms with Crippen LogP contribution in [0.1, 0.15) is 5.56 Å². The van der Waals surface area contributed by atoms with Gasteiger partial charge in [0.1, 0.15) is 11.6 Å². The topological polar surface area (TPSA) is 79.2 Å². The normalized spacial score (nSPS) is 11.3. The minimum atomic E-state index is -0.0993. The van der Waals surface area contributed by atoms with E-state index >= 15 is 0 Å². The first-order valence-electron chi connectivity index (χ1n) is 6.52. The van der Waals surface area contributed by atoms with E-state index in [9.17, 15) is 4.79 Å². The van der Waals surface area contributed by atoms with Crippen molar-refractivity contribution in [3.8, 4) is 6.07 Å². The molecule has 0 saturated carbocycles. The van der Waals surface area contributed by atoms with E-state index in [1.165, 1.54) is 16.9 Å². The Morgan fingerprint density at radius 3 is 2.90 bits per heavy atom. The van der Waals surface area contributed by atoms with Gasteiger partial charge in [-0.3, -0.25) is 4.79 Å². The van der Waals surface area contributed by atoms with Gasteiger partial charge >= 0.3 is 0 Å². The molecule has 7 heteroatoms. The Kier molecular flexibility index (Phi) is 3.16. The van der Waals surface area contributed by atoms with Crippen LogP contribution in [0, 0.1) is 11.3 Å². The predicted octanol–water partition coefficient (Wildman–Crippen LogP) is 0.477. The number of likely N-dealkylation sites (N-methyl/N-ethyl adjacent to an activating group) is 1. The summed E-state index contributed by atoms with van der Waals surface area (Å²) in [5, 5.41) is 13.6. The van der Waals surface area contributed by atoms with Crippen molar-refractivity contribution in [3.05, 3.63) is 40.6 Å². The molecule has 7 nitrogen and oxygen atoms in total. The molecule has 0 amide bonds. The standard InChI is InChI=1S/C14H14N6O/c1-18(2)5-6-19-4-3-12-11(14(19)21)9-16-13-10(7-15)8-17-20(12)13/h3-4,8-9H,5-6H2,1-2H3. The SMILES string of the molecule is CN(C)CCn1ccc2c(cnc3c(C#N)cnn32)c1=O. The molecule has 0 N–H and O–H groups in total. The van der Waals surface area contributed by atoms with E-state index in [1.54, 1.807) is 10.8 Å². The first-order valence-corrected chi connectivity index (χ1v) is 6.52. The van der Waals surface area contributed by atoms with Crippen molar-refractivity contribution in [2.75, 3.05) is 20.6 Å². The number of aromatic nitrogens is 4. The number of nitriles is 1. The van der Waals surface area contributed by atoms with Gasteiger partial charge in [-0.15, -0.1) is 0 Å². The van der Waals surface area contributed by atoms with E-state index in [0.717, 1.165) is 6.54 Å². The fourth-order valence-electron chi connectivity index (χ4n) is 2.22. The summed E-state index contributed by atoms with van der Waals surface area (Å²) < 4.78 is 3.19. The molecule has 3 aromatic heterocycles. The Balaban J connectivity index is 2.19. The van der Waals surface area contributed by atoms with Gasteiger partial charge in [0, 0.05) is 25.5 Å². The summed E-state index contributed by atoms with van der Waals surface area (Å²) in [5.74, 6) is 0. The van der Waals surface area contributed by atoms with Crippen molar-refractivity contribution < 1.29 is 0 Å². The van der Waals surface area contributed by atoms with Gasteiger partial charge in [-0.05, 0) is 20.2 Å². The lowest BCUT2D eigenvalue weighted by Gasteiger charge is -2.11. The maximum absolute atomic E-state index is 12.5. The Hall–Kier alpha value is -2.72. The minimum absolute atomic E-state index is 0.0993. The molecule has 0 aliphatic heterocycles. The molecule has 0 unspecified atom stereocenters. The van der Waals surface area contributed by atoms with E-state index < -0.39 is 0 Å². The molecule has 0 bridgehead atoms. The van der Waals surface area contributed by atoms with Crippen LogP contribution in [0.25, 0.3) is 16.6 Å². The smallest absolute Gasteiger partial charge is 0.261 e. The molecule has 21 heavy (non-hydrogen) atoms. The second-order valence-electron chi connectivity index (χ2n) is 5.08. The molecule has 0 atom stereocenters. The monoisotopic (exact) mass is 282 g/mol. The van der Waals surface area contributed by atoms with E-state index in [-0.39, 0.29) is 5.56 Å². The quantitative estimate of drug-likeness (QED) is 0.698. The molecule has 0 aliphatic carbocycles. The van der Waals surface area contributed by atoms with Gasteiger partial charge in [-0.2, -0.15) is 10.4 Å². The first-order chi connectivity index (χ1) is 10.1. The third-order valence-electron chi connectivity index (χ3n) is 3.38. The summed E-state index contributed by atoms with van der Waals surface area (Å²) in [6.45, 7) is 1.39. The lowest BCUT2D eigenvalue weighted by atomic mass is 10.3. The van der Waals surface area contributed by atoms with Crippen LogP contribution >= 0.6 is 0 Å². The highest BCUT2D eigenvalue weighted by Crippen LogP contribution is 2.13. The second kappa shape index (κ2) is 5.00. The van der Waals surface area contributed by atoms with Crippen LogP contribution in [0.4, 0.5) is 0 Å². The molecule has 3 aromatic rings. The largest absolute Gasteiger partial charge is 0.314 e. The number of nitrogens with zero attached hydrogens (tertiary/aromatic N) is 6. The van der Waals surface area contributed by atoms with Crippen molar-refractivity contribution >= 4 is 16.6 Å². The first kappa shape index (κ1) is 13.3. The third kappa shape index (κ3) is 2.15. The van der Waals surface area contributed by atoms with Crippen LogP contribution in [0.3, 0.4) is 0 Å². The average Bonchev–Trinajstić information content (AvgIpc) is 2.89. The predicted molar refractivity (Wildman–Crippen MR) is 78.0 cm³/mol. The van der Waals surface area contributed by atoms with Gasteiger partial charge in [-0.25, -0.2) is 9.50 Å². The summed E-state index contributed by atoms with van der Waals surface area (Å²) in [6, 6.07) is 3.87. The molecule has 3 rings (SSSR count). The molecule has 0 spiro atoms. The van der Waals surface area contributed by atoms with Gasteiger partial charge in [-0.1, -0.05) is 0 Å². The zero-order valence-electron chi connectivity index (χ0n) is 11.8. The Bertz CT molecular complexity index is 915. The fourth-order valence-corrected chi connectivity index (χ4v) is 2.22. The van der Waals surface area contributed by atoms with Crippen molar-refractivity contribution in [2.24, 2.45) is 0 Å². The highest BCUT2D eigenvalue weighted by Gasteiger charge is 2.11. The summed E-state index contributed by atoms with van der Waals surface area (Å²) in [7, 11) is 3.93. The minimum Gasteiger partial charge on any atom is -0.314 e. The van der Waals surface area contributed by atoms with Crippen LogP contribution in [-0.2, 0) is 6.54 Å². The van der Waals surface area contributed by atoms with Gasteiger partial charge in [0.05, 0.1) is 17.1 Å². The lowest BCUT2D eigenvalue weighted by Crippen LogP contribution is -2.26. The number of fused-ring (bicyclic) bond motifs is 3. The van der Waals surface area contributed by atoms with Crippen molar-refractivity contribution in [2.45, 2.75) is 6.54 Å². The van der Waals surface area contributed by atoms with E-state index in [0.29, 0.717) is 28.7 Å². The average molecular weight is 282 g/mol. The molecule has 0 saturated heterocycles.